The van der Waals surface area contributed by atoms with Gasteiger partial charge in [0.05, 0.1) is 25.6 Å². The van der Waals surface area contributed by atoms with Gasteiger partial charge < -0.3 is 20.9 Å². The van der Waals surface area contributed by atoms with Crippen molar-refractivity contribution in [2.24, 2.45) is 5.73 Å². The summed E-state index contributed by atoms with van der Waals surface area (Å²) in [4.78, 5) is 17.6. The van der Waals surface area contributed by atoms with Gasteiger partial charge in [-0.15, -0.1) is 11.3 Å². The molecule has 0 spiro atoms. The van der Waals surface area contributed by atoms with Crippen molar-refractivity contribution in [2.75, 3.05) is 20.0 Å². The van der Waals surface area contributed by atoms with Crippen LogP contribution in [0.25, 0.3) is 32.6 Å². The van der Waals surface area contributed by atoms with Gasteiger partial charge in [0, 0.05) is 15.4 Å². The van der Waals surface area contributed by atoms with Crippen LogP contribution in [-0.4, -0.2) is 25.1 Å². The number of pyridine rings is 1. The number of hydrogen-bond donors (Lipinski definition) is 2. The van der Waals surface area contributed by atoms with E-state index in [9.17, 15) is 4.79 Å². The zero-order valence-electron chi connectivity index (χ0n) is 16.2. The highest BCUT2D eigenvalue weighted by molar-refractivity contribution is 9.10. The molecule has 2 heterocycles. The summed E-state index contributed by atoms with van der Waals surface area (Å²) in [6.45, 7) is 0. The summed E-state index contributed by atoms with van der Waals surface area (Å²) < 4.78 is 11.8. The van der Waals surface area contributed by atoms with Gasteiger partial charge in [-0.2, -0.15) is 0 Å². The summed E-state index contributed by atoms with van der Waals surface area (Å²) in [7, 11) is 3.17. The standard InChI is InChI=1S/C22H18BrN3O3S/c1-28-16-8-5-12(9-17(16)29-2)14-10-15(11-3-6-13(23)7-4-11)26-22-18(14)19(24)20(30-22)21(25)27/h3-10H,24H2,1-2H3,(H2,25,27). The highest BCUT2D eigenvalue weighted by atomic mass is 79.9. The van der Waals surface area contributed by atoms with E-state index in [1.165, 1.54) is 11.3 Å². The lowest BCUT2D eigenvalue weighted by Gasteiger charge is -2.12. The average Bonchev–Trinajstić information content (AvgIpc) is 3.10. The summed E-state index contributed by atoms with van der Waals surface area (Å²) in [6.07, 6.45) is 0. The van der Waals surface area contributed by atoms with Gasteiger partial charge in [-0.25, -0.2) is 4.98 Å². The second-order valence-electron chi connectivity index (χ2n) is 6.52. The number of nitrogens with zero attached hydrogens (tertiary/aromatic N) is 1. The van der Waals surface area contributed by atoms with Crippen LogP contribution in [0.3, 0.4) is 0 Å². The summed E-state index contributed by atoms with van der Waals surface area (Å²) in [5.74, 6) is 0.642. The number of thiophene rings is 1. The number of fused-ring (bicyclic) bond motifs is 1. The number of amides is 1. The third-order valence-corrected chi connectivity index (χ3v) is 6.40. The fraction of sp³-hybridized carbons (Fsp3) is 0.0909. The third-order valence-electron chi connectivity index (χ3n) is 4.76. The maximum absolute atomic E-state index is 11.9. The molecule has 0 atom stereocenters. The molecule has 0 aliphatic carbocycles. The number of aromatic nitrogens is 1. The summed E-state index contributed by atoms with van der Waals surface area (Å²) in [6, 6.07) is 15.4. The predicted molar refractivity (Wildman–Crippen MR) is 124 cm³/mol. The summed E-state index contributed by atoms with van der Waals surface area (Å²) in [5.41, 5.74) is 15.6. The van der Waals surface area contributed by atoms with Crippen molar-refractivity contribution in [1.29, 1.82) is 0 Å². The molecule has 0 aliphatic rings. The van der Waals surface area contributed by atoms with Crippen molar-refractivity contribution >= 4 is 49.1 Å². The molecule has 4 rings (SSSR count). The number of carbonyl (C=O) groups is 1. The fourth-order valence-electron chi connectivity index (χ4n) is 3.30. The molecule has 1 amide bonds. The number of hydrogen-bond acceptors (Lipinski definition) is 6. The highest BCUT2D eigenvalue weighted by Crippen LogP contribution is 2.43. The Labute approximate surface area is 185 Å². The molecular formula is C22H18BrN3O3S. The first kappa shape index (κ1) is 20.2. The van der Waals surface area contributed by atoms with Gasteiger partial charge in [0.2, 0.25) is 0 Å². The largest absolute Gasteiger partial charge is 0.493 e. The Morgan fingerprint density at radius 1 is 1.00 bits per heavy atom. The van der Waals surface area contributed by atoms with E-state index in [1.807, 2.05) is 48.5 Å². The molecule has 8 heteroatoms. The minimum atomic E-state index is -0.570. The van der Waals surface area contributed by atoms with Crippen LogP contribution >= 0.6 is 27.3 Å². The zero-order valence-corrected chi connectivity index (χ0v) is 18.6. The predicted octanol–water partition coefficient (Wildman–Crippen LogP) is 5.09. The first-order valence-corrected chi connectivity index (χ1v) is 10.5. The number of nitrogens with two attached hydrogens (primary N) is 2. The van der Waals surface area contributed by atoms with E-state index >= 15 is 0 Å². The number of methoxy groups -OCH3 is 2. The van der Waals surface area contributed by atoms with E-state index in [1.54, 1.807) is 14.2 Å². The van der Waals surface area contributed by atoms with Crippen molar-refractivity contribution in [3.63, 3.8) is 0 Å². The lowest BCUT2D eigenvalue weighted by Crippen LogP contribution is -2.10. The second kappa shape index (κ2) is 7.97. The third kappa shape index (κ3) is 3.48. The lowest BCUT2D eigenvalue weighted by atomic mass is 9.99. The monoisotopic (exact) mass is 483 g/mol. The smallest absolute Gasteiger partial charge is 0.260 e. The van der Waals surface area contributed by atoms with Crippen molar-refractivity contribution in [1.82, 2.24) is 4.98 Å². The topological polar surface area (TPSA) is 100 Å². The number of rotatable bonds is 5. The van der Waals surface area contributed by atoms with E-state index in [0.717, 1.165) is 26.9 Å². The van der Waals surface area contributed by atoms with Crippen molar-refractivity contribution in [3.8, 4) is 33.9 Å². The maximum atomic E-state index is 11.9. The second-order valence-corrected chi connectivity index (χ2v) is 8.44. The Balaban J connectivity index is 2.03. The molecule has 0 unspecified atom stereocenters. The van der Waals surface area contributed by atoms with Crippen LogP contribution in [0, 0.1) is 0 Å². The van der Waals surface area contributed by atoms with Crippen LogP contribution in [0.1, 0.15) is 9.67 Å². The quantitative estimate of drug-likeness (QED) is 0.411. The van der Waals surface area contributed by atoms with Crippen LogP contribution in [0.15, 0.2) is 53.0 Å². The van der Waals surface area contributed by atoms with Crippen molar-refractivity contribution in [2.45, 2.75) is 0 Å². The van der Waals surface area contributed by atoms with Gasteiger partial charge in [-0.1, -0.05) is 34.1 Å². The van der Waals surface area contributed by atoms with E-state index in [-0.39, 0.29) is 0 Å². The van der Waals surface area contributed by atoms with Gasteiger partial charge >= 0.3 is 0 Å². The molecule has 0 saturated heterocycles. The van der Waals surface area contributed by atoms with Crippen LogP contribution in [0.5, 0.6) is 11.5 Å². The first-order chi connectivity index (χ1) is 14.4. The van der Waals surface area contributed by atoms with Crippen LogP contribution in [-0.2, 0) is 0 Å². The van der Waals surface area contributed by atoms with Crippen LogP contribution < -0.4 is 20.9 Å². The van der Waals surface area contributed by atoms with Gasteiger partial charge in [0.1, 0.15) is 9.71 Å². The number of carbonyl (C=O) groups excluding carboxylic acids is 1. The Hall–Kier alpha value is -3.10. The number of halogens is 1. The highest BCUT2D eigenvalue weighted by Gasteiger charge is 2.21. The molecule has 4 N–H and O–H groups in total. The minimum Gasteiger partial charge on any atom is -0.493 e. The van der Waals surface area contributed by atoms with Crippen LogP contribution in [0.2, 0.25) is 0 Å². The SMILES string of the molecule is COc1ccc(-c2cc(-c3ccc(Br)cc3)nc3sc(C(N)=O)c(N)c23)cc1OC. The zero-order chi connectivity index (χ0) is 21.4. The lowest BCUT2D eigenvalue weighted by molar-refractivity contribution is 0.100. The van der Waals surface area contributed by atoms with E-state index < -0.39 is 5.91 Å². The molecule has 2 aromatic heterocycles. The van der Waals surface area contributed by atoms with E-state index in [2.05, 4.69) is 15.9 Å². The number of anilines is 1. The Morgan fingerprint density at radius 3 is 2.30 bits per heavy atom. The Kier molecular flexibility index (Phi) is 5.36. The number of benzene rings is 2. The molecule has 4 aromatic rings. The Bertz CT molecular complexity index is 1270. The number of ether oxygens (including phenoxy) is 2. The van der Waals surface area contributed by atoms with Crippen molar-refractivity contribution < 1.29 is 14.3 Å². The molecule has 0 saturated carbocycles. The van der Waals surface area contributed by atoms with Gasteiger partial charge in [-0.3, -0.25) is 4.79 Å². The Morgan fingerprint density at radius 2 is 1.67 bits per heavy atom. The average molecular weight is 484 g/mol. The molecular weight excluding hydrogens is 466 g/mol. The van der Waals surface area contributed by atoms with Gasteiger partial charge in [0.15, 0.2) is 11.5 Å². The summed E-state index contributed by atoms with van der Waals surface area (Å²) in [5, 5.41) is 0.696. The molecule has 0 radical (unpaired) electrons. The number of nitrogen functional groups attached to an aromatic ring is 1. The van der Waals surface area contributed by atoms with E-state index in [0.29, 0.717) is 32.3 Å². The molecule has 152 valence electrons. The summed E-state index contributed by atoms with van der Waals surface area (Å²) >= 11 is 4.65. The minimum absolute atomic E-state index is 0.298. The molecule has 6 nitrogen and oxygen atoms in total. The molecule has 0 bridgehead atoms. The molecule has 30 heavy (non-hydrogen) atoms. The van der Waals surface area contributed by atoms with E-state index in [4.69, 9.17) is 25.9 Å². The van der Waals surface area contributed by atoms with Gasteiger partial charge in [-0.05, 0) is 41.5 Å². The van der Waals surface area contributed by atoms with Gasteiger partial charge in [0.25, 0.3) is 5.91 Å². The molecule has 2 aromatic carbocycles. The van der Waals surface area contributed by atoms with Crippen molar-refractivity contribution in [3.05, 3.63) is 57.9 Å². The first-order valence-electron chi connectivity index (χ1n) is 8.94. The van der Waals surface area contributed by atoms with Crippen LogP contribution in [0.4, 0.5) is 5.69 Å². The normalized spacial score (nSPS) is 10.9. The number of primary amides is 1. The molecule has 0 aliphatic heterocycles. The molecule has 0 fully saturated rings. The maximum Gasteiger partial charge on any atom is 0.260 e. The fourth-order valence-corrected chi connectivity index (χ4v) is 4.54.